The van der Waals surface area contributed by atoms with Crippen LogP contribution in [0.1, 0.15) is 31.9 Å². The van der Waals surface area contributed by atoms with Crippen LogP contribution in [0.4, 0.5) is 8.78 Å². The van der Waals surface area contributed by atoms with E-state index >= 15 is 0 Å². The predicted molar refractivity (Wildman–Crippen MR) is 80.2 cm³/mol. The molecule has 1 aliphatic heterocycles. The Kier molecular flexibility index (Phi) is 6.86. The van der Waals surface area contributed by atoms with Gasteiger partial charge in [0.05, 0.1) is 0 Å². The van der Waals surface area contributed by atoms with E-state index in [9.17, 15) is 8.78 Å². The quantitative estimate of drug-likeness (QED) is 0.917. The average molecular weight is 305 g/mol. The Bertz CT molecular complexity index is 420. The maximum atomic E-state index is 13.4. The van der Waals surface area contributed by atoms with Crippen molar-refractivity contribution in [2.24, 2.45) is 5.92 Å². The van der Waals surface area contributed by atoms with Crippen molar-refractivity contribution < 1.29 is 8.78 Å². The number of nitrogens with zero attached hydrogens (tertiary/aromatic N) is 1. The molecule has 0 spiro atoms. The molecule has 0 unspecified atom stereocenters. The second-order valence-corrected chi connectivity index (χ2v) is 5.60. The lowest BCUT2D eigenvalue weighted by Crippen LogP contribution is -2.45. The van der Waals surface area contributed by atoms with E-state index in [1.54, 1.807) is 6.07 Å². The molecule has 114 valence electrons. The summed E-state index contributed by atoms with van der Waals surface area (Å²) in [4.78, 5) is 2.36. The van der Waals surface area contributed by atoms with Crippen LogP contribution in [-0.4, -0.2) is 31.1 Å². The number of hydrogen-bond donors (Lipinski definition) is 1. The maximum Gasteiger partial charge on any atom is 0.159 e. The Balaban J connectivity index is 0.00000200. The highest BCUT2D eigenvalue weighted by Crippen LogP contribution is 2.29. The topological polar surface area (TPSA) is 15.3 Å². The van der Waals surface area contributed by atoms with Gasteiger partial charge in [-0.2, -0.15) is 0 Å². The first-order valence-corrected chi connectivity index (χ1v) is 6.97. The zero-order chi connectivity index (χ0) is 13.8. The summed E-state index contributed by atoms with van der Waals surface area (Å²) in [5.74, 6) is -0.998. The summed E-state index contributed by atoms with van der Waals surface area (Å²) in [5, 5.41) is 3.32. The molecular weight excluding hydrogens is 282 g/mol. The van der Waals surface area contributed by atoms with Gasteiger partial charge in [0.25, 0.3) is 0 Å². The first-order valence-electron chi connectivity index (χ1n) is 6.97. The third-order valence-electron chi connectivity index (χ3n) is 3.62. The lowest BCUT2D eigenvalue weighted by molar-refractivity contribution is 0.153. The summed E-state index contributed by atoms with van der Waals surface area (Å²) < 4.78 is 26.5. The highest BCUT2D eigenvalue weighted by Gasteiger charge is 2.23. The summed E-state index contributed by atoms with van der Waals surface area (Å²) in [6.07, 6.45) is 0.963. The van der Waals surface area contributed by atoms with Crippen molar-refractivity contribution in [1.29, 1.82) is 0 Å². The molecule has 5 heteroatoms. The number of rotatable bonds is 4. The number of halogens is 3. The molecule has 0 radical (unpaired) electrons. The first-order chi connectivity index (χ1) is 9.08. The van der Waals surface area contributed by atoms with Crippen LogP contribution in [0.5, 0.6) is 0 Å². The van der Waals surface area contributed by atoms with Crippen LogP contribution in [0.25, 0.3) is 0 Å². The van der Waals surface area contributed by atoms with E-state index < -0.39 is 11.6 Å². The molecule has 2 nitrogen and oxygen atoms in total. The van der Waals surface area contributed by atoms with Gasteiger partial charge in [0.2, 0.25) is 0 Å². The fraction of sp³-hybridized carbons (Fsp3) is 0.600. The molecule has 1 atom stereocenters. The molecule has 1 aromatic rings. The lowest BCUT2D eigenvalue weighted by Gasteiger charge is -2.36. The van der Waals surface area contributed by atoms with E-state index in [0.717, 1.165) is 38.2 Å². The van der Waals surface area contributed by atoms with Crippen LogP contribution >= 0.6 is 12.4 Å². The monoisotopic (exact) mass is 304 g/mol. The van der Waals surface area contributed by atoms with Crippen LogP contribution in [0, 0.1) is 17.6 Å². The minimum atomic E-state index is -0.771. The Hall–Kier alpha value is -0.710. The molecule has 1 fully saturated rings. The van der Waals surface area contributed by atoms with Gasteiger partial charge in [-0.05, 0) is 30.0 Å². The number of nitrogens with one attached hydrogen (secondary N) is 1. The zero-order valence-corrected chi connectivity index (χ0v) is 12.9. The molecule has 2 rings (SSSR count). The van der Waals surface area contributed by atoms with Gasteiger partial charge >= 0.3 is 0 Å². The summed E-state index contributed by atoms with van der Waals surface area (Å²) in [6.45, 7) is 8.15. The Morgan fingerprint density at radius 2 is 1.80 bits per heavy atom. The third kappa shape index (κ3) is 4.40. The summed E-state index contributed by atoms with van der Waals surface area (Å²) in [5.41, 5.74) is 0.884. The molecule has 1 heterocycles. The van der Waals surface area contributed by atoms with E-state index in [2.05, 4.69) is 24.1 Å². The molecule has 0 saturated carbocycles. The highest BCUT2D eigenvalue weighted by molar-refractivity contribution is 5.85. The van der Waals surface area contributed by atoms with E-state index in [0.29, 0.717) is 5.92 Å². The summed E-state index contributed by atoms with van der Waals surface area (Å²) in [6, 6.07) is 4.48. The van der Waals surface area contributed by atoms with Crippen molar-refractivity contribution in [2.75, 3.05) is 26.2 Å². The SMILES string of the molecule is CC(C)C[C@@H](c1ccc(F)c(F)c1)N1CCNCC1.Cl. The molecule has 0 aromatic heterocycles. The van der Waals surface area contributed by atoms with Crippen molar-refractivity contribution in [3.8, 4) is 0 Å². The second kappa shape index (κ2) is 7.91. The lowest BCUT2D eigenvalue weighted by atomic mass is 9.95. The van der Waals surface area contributed by atoms with E-state index in [1.165, 1.54) is 12.1 Å². The zero-order valence-electron chi connectivity index (χ0n) is 12.0. The Morgan fingerprint density at radius 1 is 1.15 bits per heavy atom. The van der Waals surface area contributed by atoms with Gasteiger partial charge in [-0.1, -0.05) is 19.9 Å². The molecule has 20 heavy (non-hydrogen) atoms. The van der Waals surface area contributed by atoms with Crippen molar-refractivity contribution >= 4 is 12.4 Å². The van der Waals surface area contributed by atoms with Crippen molar-refractivity contribution in [1.82, 2.24) is 10.2 Å². The molecule has 1 aliphatic rings. The van der Waals surface area contributed by atoms with Crippen LogP contribution in [0.2, 0.25) is 0 Å². The van der Waals surface area contributed by atoms with Gasteiger partial charge in [0.15, 0.2) is 11.6 Å². The van der Waals surface area contributed by atoms with Crippen LogP contribution in [0.3, 0.4) is 0 Å². The van der Waals surface area contributed by atoms with E-state index in [1.807, 2.05) is 0 Å². The normalized spacial score (nSPS) is 17.9. The molecule has 1 aromatic carbocycles. The van der Waals surface area contributed by atoms with Gasteiger partial charge in [-0.3, -0.25) is 4.90 Å². The first kappa shape index (κ1) is 17.3. The van der Waals surface area contributed by atoms with Crippen molar-refractivity contribution in [2.45, 2.75) is 26.3 Å². The van der Waals surface area contributed by atoms with Crippen molar-refractivity contribution in [3.05, 3.63) is 35.4 Å². The van der Waals surface area contributed by atoms with Crippen LogP contribution in [0.15, 0.2) is 18.2 Å². The van der Waals surface area contributed by atoms with Crippen LogP contribution < -0.4 is 5.32 Å². The smallest absolute Gasteiger partial charge is 0.159 e. The molecule has 0 amide bonds. The third-order valence-corrected chi connectivity index (χ3v) is 3.62. The van der Waals surface area contributed by atoms with Gasteiger partial charge in [-0.25, -0.2) is 8.78 Å². The molecule has 1 saturated heterocycles. The highest BCUT2D eigenvalue weighted by atomic mass is 35.5. The predicted octanol–water partition coefficient (Wildman–Crippen LogP) is 3.38. The van der Waals surface area contributed by atoms with Crippen LogP contribution in [-0.2, 0) is 0 Å². The van der Waals surface area contributed by atoms with Gasteiger partial charge in [0.1, 0.15) is 0 Å². The number of piperazine rings is 1. The number of benzene rings is 1. The fourth-order valence-corrected chi connectivity index (χ4v) is 2.66. The standard InChI is InChI=1S/C15H22F2N2.ClH/c1-11(2)9-15(19-7-5-18-6-8-19)12-3-4-13(16)14(17)10-12;/h3-4,10-11,15,18H,5-9H2,1-2H3;1H/t15-;/m0./s1. The van der Waals surface area contributed by atoms with Gasteiger partial charge in [0, 0.05) is 32.2 Å². The van der Waals surface area contributed by atoms with Crippen molar-refractivity contribution in [3.63, 3.8) is 0 Å². The minimum absolute atomic E-state index is 0. The maximum absolute atomic E-state index is 13.4. The summed E-state index contributed by atoms with van der Waals surface area (Å²) >= 11 is 0. The van der Waals surface area contributed by atoms with E-state index in [4.69, 9.17) is 0 Å². The Morgan fingerprint density at radius 3 is 2.35 bits per heavy atom. The second-order valence-electron chi connectivity index (χ2n) is 5.60. The minimum Gasteiger partial charge on any atom is -0.314 e. The Labute approximate surface area is 126 Å². The summed E-state index contributed by atoms with van der Waals surface area (Å²) in [7, 11) is 0. The fourth-order valence-electron chi connectivity index (χ4n) is 2.66. The number of hydrogen-bond acceptors (Lipinski definition) is 2. The van der Waals surface area contributed by atoms with Gasteiger partial charge in [-0.15, -0.1) is 12.4 Å². The molecule has 1 N–H and O–H groups in total. The molecule has 0 aliphatic carbocycles. The average Bonchev–Trinajstić information content (AvgIpc) is 2.40. The van der Waals surface area contributed by atoms with E-state index in [-0.39, 0.29) is 18.4 Å². The van der Waals surface area contributed by atoms with Gasteiger partial charge < -0.3 is 5.32 Å². The molecular formula is C15H23ClF2N2. The molecule has 0 bridgehead atoms. The largest absolute Gasteiger partial charge is 0.314 e.